The first-order chi connectivity index (χ1) is 16.0. The van der Waals surface area contributed by atoms with E-state index in [2.05, 4.69) is 15.8 Å². The SMILES string of the molecule is COc1cc(/C=N\NC(=O)C(=O)Nc2cccc(C)c2)ccc1OCC(=O)N1CCOCC1. The first-order valence-corrected chi connectivity index (χ1v) is 10.3. The van der Waals surface area contributed by atoms with Crippen LogP contribution in [0.5, 0.6) is 11.5 Å². The number of methoxy groups -OCH3 is 1. The van der Waals surface area contributed by atoms with Crippen molar-refractivity contribution in [2.45, 2.75) is 6.92 Å². The molecule has 2 N–H and O–H groups in total. The van der Waals surface area contributed by atoms with Crippen LogP contribution in [-0.2, 0) is 19.1 Å². The Balaban J connectivity index is 1.52. The number of morpholine rings is 1. The predicted octanol–water partition coefficient (Wildman–Crippen LogP) is 1.33. The van der Waals surface area contributed by atoms with E-state index in [0.29, 0.717) is 49.1 Å². The van der Waals surface area contributed by atoms with E-state index in [4.69, 9.17) is 14.2 Å². The predicted molar refractivity (Wildman–Crippen MR) is 121 cm³/mol. The number of nitrogens with zero attached hydrogens (tertiary/aromatic N) is 2. The van der Waals surface area contributed by atoms with E-state index in [-0.39, 0.29) is 12.5 Å². The fourth-order valence-corrected chi connectivity index (χ4v) is 3.05. The Morgan fingerprint density at radius 2 is 1.88 bits per heavy atom. The molecule has 0 saturated carbocycles. The highest BCUT2D eigenvalue weighted by atomic mass is 16.5. The van der Waals surface area contributed by atoms with Crippen molar-refractivity contribution < 1.29 is 28.6 Å². The molecule has 0 bridgehead atoms. The smallest absolute Gasteiger partial charge is 0.329 e. The molecule has 0 unspecified atom stereocenters. The molecule has 0 atom stereocenters. The van der Waals surface area contributed by atoms with Crippen molar-refractivity contribution in [1.29, 1.82) is 0 Å². The fraction of sp³-hybridized carbons (Fsp3) is 0.304. The van der Waals surface area contributed by atoms with Crippen molar-refractivity contribution in [3.63, 3.8) is 0 Å². The van der Waals surface area contributed by atoms with E-state index in [9.17, 15) is 14.4 Å². The number of carbonyl (C=O) groups excluding carboxylic acids is 3. The molecule has 0 aromatic heterocycles. The molecule has 0 spiro atoms. The van der Waals surface area contributed by atoms with Gasteiger partial charge in [0.2, 0.25) is 0 Å². The summed E-state index contributed by atoms with van der Waals surface area (Å²) in [5, 5.41) is 6.31. The third-order valence-electron chi connectivity index (χ3n) is 4.76. The van der Waals surface area contributed by atoms with Gasteiger partial charge in [0, 0.05) is 18.8 Å². The molecular weight excluding hydrogens is 428 g/mol. The summed E-state index contributed by atoms with van der Waals surface area (Å²) in [6, 6.07) is 12.0. The molecule has 1 aliphatic heterocycles. The lowest BCUT2D eigenvalue weighted by molar-refractivity contribution is -0.137. The normalized spacial score (nSPS) is 13.5. The Morgan fingerprint density at radius 3 is 2.61 bits per heavy atom. The average Bonchev–Trinajstić information content (AvgIpc) is 2.83. The van der Waals surface area contributed by atoms with E-state index >= 15 is 0 Å². The Kier molecular flexibility index (Phi) is 8.36. The molecule has 33 heavy (non-hydrogen) atoms. The lowest BCUT2D eigenvalue weighted by Gasteiger charge is -2.26. The molecule has 0 radical (unpaired) electrons. The lowest BCUT2D eigenvalue weighted by atomic mass is 10.2. The van der Waals surface area contributed by atoms with Crippen LogP contribution in [0.4, 0.5) is 5.69 Å². The van der Waals surface area contributed by atoms with Crippen molar-refractivity contribution in [3.8, 4) is 11.5 Å². The van der Waals surface area contributed by atoms with E-state index in [1.807, 2.05) is 13.0 Å². The zero-order valence-corrected chi connectivity index (χ0v) is 18.5. The maximum Gasteiger partial charge on any atom is 0.329 e. The number of hydrazone groups is 1. The lowest BCUT2D eigenvalue weighted by Crippen LogP contribution is -2.43. The van der Waals surface area contributed by atoms with Crippen LogP contribution in [0.3, 0.4) is 0 Å². The van der Waals surface area contributed by atoms with Crippen molar-refractivity contribution in [1.82, 2.24) is 10.3 Å². The van der Waals surface area contributed by atoms with E-state index in [1.54, 1.807) is 41.3 Å². The molecule has 10 nitrogen and oxygen atoms in total. The summed E-state index contributed by atoms with van der Waals surface area (Å²) in [6.07, 6.45) is 1.36. The monoisotopic (exact) mass is 454 g/mol. The fourth-order valence-electron chi connectivity index (χ4n) is 3.05. The summed E-state index contributed by atoms with van der Waals surface area (Å²) < 4.78 is 16.2. The Morgan fingerprint density at radius 1 is 1.09 bits per heavy atom. The molecule has 1 saturated heterocycles. The van der Waals surface area contributed by atoms with Gasteiger partial charge in [-0.1, -0.05) is 12.1 Å². The highest BCUT2D eigenvalue weighted by Gasteiger charge is 2.18. The third kappa shape index (κ3) is 7.04. The first-order valence-electron chi connectivity index (χ1n) is 10.3. The van der Waals surface area contributed by atoms with Crippen molar-refractivity contribution in [2.24, 2.45) is 5.10 Å². The highest BCUT2D eigenvalue weighted by molar-refractivity contribution is 6.39. The van der Waals surface area contributed by atoms with Gasteiger partial charge in [-0.3, -0.25) is 14.4 Å². The zero-order chi connectivity index (χ0) is 23.6. The van der Waals surface area contributed by atoms with Gasteiger partial charge in [0.1, 0.15) is 0 Å². The average molecular weight is 454 g/mol. The van der Waals surface area contributed by atoms with Gasteiger partial charge in [-0.25, -0.2) is 5.43 Å². The van der Waals surface area contributed by atoms with Gasteiger partial charge in [-0.2, -0.15) is 5.10 Å². The van der Waals surface area contributed by atoms with Crippen molar-refractivity contribution in [3.05, 3.63) is 53.6 Å². The topological polar surface area (TPSA) is 119 Å². The zero-order valence-electron chi connectivity index (χ0n) is 18.5. The van der Waals surface area contributed by atoms with Crippen LogP contribution < -0.4 is 20.2 Å². The number of rotatable bonds is 7. The number of carbonyl (C=O) groups is 3. The summed E-state index contributed by atoms with van der Waals surface area (Å²) in [5.74, 6) is -1.06. The molecule has 1 fully saturated rings. The van der Waals surface area contributed by atoms with Crippen LogP contribution in [0.15, 0.2) is 47.6 Å². The van der Waals surface area contributed by atoms with Crippen LogP contribution in [0.2, 0.25) is 0 Å². The third-order valence-corrected chi connectivity index (χ3v) is 4.76. The minimum Gasteiger partial charge on any atom is -0.493 e. The van der Waals surface area contributed by atoms with Crippen LogP contribution in [-0.4, -0.2) is 68.9 Å². The van der Waals surface area contributed by atoms with Crippen LogP contribution >= 0.6 is 0 Å². The van der Waals surface area contributed by atoms with Gasteiger partial charge in [0.05, 0.1) is 26.5 Å². The molecule has 0 aliphatic carbocycles. The minimum atomic E-state index is -0.902. The van der Waals surface area contributed by atoms with E-state index in [1.165, 1.54) is 13.3 Å². The number of aryl methyl sites for hydroxylation is 1. The summed E-state index contributed by atoms with van der Waals surface area (Å²) in [4.78, 5) is 37.9. The minimum absolute atomic E-state index is 0.115. The maximum absolute atomic E-state index is 12.2. The molecular formula is C23H26N4O6. The highest BCUT2D eigenvalue weighted by Crippen LogP contribution is 2.27. The van der Waals surface area contributed by atoms with Gasteiger partial charge in [0.25, 0.3) is 5.91 Å². The maximum atomic E-state index is 12.2. The summed E-state index contributed by atoms with van der Waals surface area (Å²) in [6.45, 7) is 3.90. The van der Waals surface area contributed by atoms with Gasteiger partial charge >= 0.3 is 11.8 Å². The second-order valence-corrected chi connectivity index (χ2v) is 7.21. The molecule has 2 aromatic carbocycles. The van der Waals surface area contributed by atoms with Gasteiger partial charge in [-0.05, 0) is 48.4 Å². The standard InChI is InChI=1S/C23H26N4O6/c1-16-4-3-5-18(12-16)25-22(29)23(30)26-24-14-17-6-7-19(20(13-17)31-2)33-15-21(28)27-8-10-32-11-9-27/h3-7,12-14H,8-11,15H2,1-2H3,(H,25,29)(H,26,30)/b24-14-. The number of anilines is 1. The van der Waals surface area contributed by atoms with Crippen molar-refractivity contribution >= 4 is 29.6 Å². The number of hydrogen-bond acceptors (Lipinski definition) is 7. The quantitative estimate of drug-likeness (QED) is 0.370. The number of hydrogen-bond donors (Lipinski definition) is 2. The van der Waals surface area contributed by atoms with Crippen LogP contribution in [0.25, 0.3) is 0 Å². The number of benzene rings is 2. The van der Waals surface area contributed by atoms with Crippen LogP contribution in [0, 0.1) is 6.92 Å². The molecule has 1 aliphatic rings. The molecule has 3 rings (SSSR count). The van der Waals surface area contributed by atoms with Crippen molar-refractivity contribution in [2.75, 3.05) is 45.3 Å². The van der Waals surface area contributed by atoms with Gasteiger partial charge in [0.15, 0.2) is 18.1 Å². The Hall–Kier alpha value is -3.92. The van der Waals surface area contributed by atoms with Crippen LogP contribution in [0.1, 0.15) is 11.1 Å². The summed E-state index contributed by atoms with van der Waals surface area (Å²) in [5.41, 5.74) is 4.25. The first kappa shape index (κ1) is 23.7. The second kappa shape index (κ2) is 11.6. The summed E-state index contributed by atoms with van der Waals surface area (Å²) in [7, 11) is 1.48. The number of ether oxygens (including phenoxy) is 3. The van der Waals surface area contributed by atoms with E-state index < -0.39 is 11.8 Å². The van der Waals surface area contributed by atoms with Gasteiger partial charge in [-0.15, -0.1) is 0 Å². The summed E-state index contributed by atoms with van der Waals surface area (Å²) >= 11 is 0. The molecule has 174 valence electrons. The second-order valence-electron chi connectivity index (χ2n) is 7.21. The largest absolute Gasteiger partial charge is 0.493 e. The number of amides is 3. The van der Waals surface area contributed by atoms with Gasteiger partial charge < -0.3 is 24.4 Å². The Labute approximate surface area is 191 Å². The number of nitrogens with one attached hydrogen (secondary N) is 2. The molecule has 2 aromatic rings. The molecule has 3 amide bonds. The Bertz CT molecular complexity index is 1030. The van der Waals surface area contributed by atoms with E-state index in [0.717, 1.165) is 5.56 Å². The molecule has 1 heterocycles. The molecule has 10 heteroatoms.